The molecule has 25 heavy (non-hydrogen) atoms. The Morgan fingerprint density at radius 2 is 1.68 bits per heavy atom. The number of hydrogen-bond donors (Lipinski definition) is 1. The fraction of sp³-hybridized carbons (Fsp3) is 0.579. The molecule has 0 unspecified atom stereocenters. The van der Waals surface area contributed by atoms with E-state index in [0.717, 1.165) is 18.7 Å². The van der Waals surface area contributed by atoms with E-state index in [-0.39, 0.29) is 5.91 Å². The topological polar surface area (TPSA) is 64.1 Å². The Morgan fingerprint density at radius 3 is 2.16 bits per heavy atom. The lowest BCUT2D eigenvalue weighted by Crippen LogP contribution is -2.60. The second-order valence-corrected chi connectivity index (χ2v) is 7.66. The lowest BCUT2D eigenvalue weighted by Gasteiger charge is -2.42. The molecular weight excluding hydrogens is 318 g/mol. The van der Waals surface area contributed by atoms with Crippen molar-refractivity contribution in [2.24, 2.45) is 0 Å². The maximum Gasteiger partial charge on any atom is 0.408 e. The number of likely N-dealkylation sites (N-methyl/N-ethyl adjacent to an activating group) is 1. The van der Waals surface area contributed by atoms with Crippen LogP contribution in [0.1, 0.15) is 26.3 Å². The summed E-state index contributed by atoms with van der Waals surface area (Å²) in [6.45, 7) is 8.39. The van der Waals surface area contributed by atoms with Crippen LogP contribution in [0.3, 0.4) is 0 Å². The molecule has 1 aromatic rings. The predicted molar refractivity (Wildman–Crippen MR) is 97.6 cm³/mol. The summed E-state index contributed by atoms with van der Waals surface area (Å²) in [5, 5.41) is 9.79. The van der Waals surface area contributed by atoms with E-state index in [4.69, 9.17) is 0 Å². The maximum absolute atomic E-state index is 13.2. The summed E-state index contributed by atoms with van der Waals surface area (Å²) in [5.74, 6) is -0.103. The van der Waals surface area contributed by atoms with Crippen LogP contribution in [0.4, 0.5) is 4.79 Å². The minimum absolute atomic E-state index is 0.103. The van der Waals surface area contributed by atoms with Crippen molar-refractivity contribution in [1.82, 2.24) is 14.7 Å². The molecule has 0 saturated carbocycles. The zero-order valence-electron chi connectivity index (χ0n) is 15.6. The SMILES string of the molecule is CN1CCN(C(=O)[C@H](Cc2ccccc2)N(C(=O)O)C(C)(C)C)CC1. The number of nitrogens with zero attached hydrogens (tertiary/aromatic N) is 3. The highest BCUT2D eigenvalue weighted by atomic mass is 16.4. The van der Waals surface area contributed by atoms with Gasteiger partial charge in [0.25, 0.3) is 0 Å². The van der Waals surface area contributed by atoms with Crippen LogP contribution in [0, 0.1) is 0 Å². The molecule has 1 heterocycles. The van der Waals surface area contributed by atoms with E-state index in [9.17, 15) is 14.7 Å². The molecule has 2 rings (SSSR count). The van der Waals surface area contributed by atoms with Crippen molar-refractivity contribution in [1.29, 1.82) is 0 Å². The quantitative estimate of drug-likeness (QED) is 0.906. The van der Waals surface area contributed by atoms with Gasteiger partial charge in [0.1, 0.15) is 6.04 Å². The van der Waals surface area contributed by atoms with Crippen LogP contribution < -0.4 is 0 Å². The molecule has 0 spiro atoms. The van der Waals surface area contributed by atoms with Gasteiger partial charge in [-0.3, -0.25) is 9.69 Å². The molecule has 1 aromatic carbocycles. The summed E-state index contributed by atoms with van der Waals surface area (Å²) in [4.78, 5) is 30.5. The maximum atomic E-state index is 13.2. The van der Waals surface area contributed by atoms with Crippen LogP contribution >= 0.6 is 0 Å². The molecule has 1 saturated heterocycles. The second-order valence-electron chi connectivity index (χ2n) is 7.66. The Morgan fingerprint density at radius 1 is 1.12 bits per heavy atom. The van der Waals surface area contributed by atoms with E-state index in [1.807, 2.05) is 58.2 Å². The molecule has 6 heteroatoms. The predicted octanol–water partition coefficient (Wildman–Crippen LogP) is 2.15. The number of piperazine rings is 1. The third-order valence-corrected chi connectivity index (χ3v) is 4.61. The highest BCUT2D eigenvalue weighted by Crippen LogP contribution is 2.22. The number of rotatable bonds is 4. The molecular formula is C19H29N3O3. The number of carbonyl (C=O) groups is 2. The smallest absolute Gasteiger partial charge is 0.408 e. The number of carboxylic acid groups (broad SMARTS) is 1. The largest absolute Gasteiger partial charge is 0.465 e. The van der Waals surface area contributed by atoms with Gasteiger partial charge in [-0.1, -0.05) is 30.3 Å². The van der Waals surface area contributed by atoms with E-state index in [2.05, 4.69) is 4.90 Å². The molecule has 0 aliphatic carbocycles. The van der Waals surface area contributed by atoms with E-state index < -0.39 is 17.7 Å². The zero-order chi connectivity index (χ0) is 18.6. The molecule has 1 aliphatic rings. The first-order chi connectivity index (χ1) is 11.7. The Kier molecular flexibility index (Phi) is 6.06. The Balaban J connectivity index is 2.30. The third-order valence-electron chi connectivity index (χ3n) is 4.61. The molecule has 6 nitrogen and oxygen atoms in total. The zero-order valence-corrected chi connectivity index (χ0v) is 15.6. The monoisotopic (exact) mass is 347 g/mol. The van der Waals surface area contributed by atoms with Crippen LogP contribution in [0.25, 0.3) is 0 Å². The minimum Gasteiger partial charge on any atom is -0.465 e. The summed E-state index contributed by atoms with van der Waals surface area (Å²) in [7, 11) is 2.03. The molecule has 0 bridgehead atoms. The summed E-state index contributed by atoms with van der Waals surface area (Å²) >= 11 is 0. The van der Waals surface area contributed by atoms with Crippen LogP contribution in [-0.2, 0) is 11.2 Å². The Bertz CT molecular complexity index is 590. The van der Waals surface area contributed by atoms with Gasteiger partial charge < -0.3 is 14.9 Å². The molecule has 2 amide bonds. The van der Waals surface area contributed by atoms with Gasteiger partial charge in [-0.25, -0.2) is 4.79 Å². The lowest BCUT2D eigenvalue weighted by atomic mass is 9.97. The Hall–Kier alpha value is -2.08. The van der Waals surface area contributed by atoms with Crippen molar-refractivity contribution in [3.8, 4) is 0 Å². The summed E-state index contributed by atoms with van der Waals surface area (Å²) < 4.78 is 0. The van der Waals surface area contributed by atoms with Gasteiger partial charge in [-0.2, -0.15) is 0 Å². The number of amides is 2. The van der Waals surface area contributed by atoms with E-state index >= 15 is 0 Å². The van der Waals surface area contributed by atoms with Gasteiger partial charge in [-0.15, -0.1) is 0 Å². The average molecular weight is 347 g/mol. The molecule has 1 atom stereocenters. The number of carbonyl (C=O) groups excluding carboxylic acids is 1. The summed E-state index contributed by atoms with van der Waals surface area (Å²) in [5.41, 5.74) is 0.304. The van der Waals surface area contributed by atoms with Gasteiger partial charge in [-0.05, 0) is 33.4 Å². The van der Waals surface area contributed by atoms with Crippen molar-refractivity contribution >= 4 is 12.0 Å². The van der Waals surface area contributed by atoms with Crippen molar-refractivity contribution in [3.63, 3.8) is 0 Å². The number of hydrogen-bond acceptors (Lipinski definition) is 3. The standard InChI is InChI=1S/C19H29N3O3/c1-19(2,3)22(18(24)25)16(14-15-8-6-5-7-9-15)17(23)21-12-10-20(4)11-13-21/h5-9,16H,10-14H2,1-4H3,(H,24,25)/t16-/m0/s1. The fourth-order valence-electron chi connectivity index (χ4n) is 3.25. The highest BCUT2D eigenvalue weighted by molar-refractivity contribution is 5.86. The lowest BCUT2D eigenvalue weighted by molar-refractivity contribution is -0.139. The van der Waals surface area contributed by atoms with Gasteiger partial charge in [0.2, 0.25) is 5.91 Å². The minimum atomic E-state index is -1.06. The first-order valence-corrected chi connectivity index (χ1v) is 8.73. The molecule has 0 aromatic heterocycles. The van der Waals surface area contributed by atoms with Gasteiger partial charge >= 0.3 is 6.09 Å². The molecule has 0 radical (unpaired) electrons. The van der Waals surface area contributed by atoms with Crippen molar-refractivity contribution in [2.45, 2.75) is 38.8 Å². The van der Waals surface area contributed by atoms with Gasteiger partial charge in [0.05, 0.1) is 0 Å². The van der Waals surface area contributed by atoms with Crippen LogP contribution in [-0.4, -0.2) is 76.6 Å². The Labute approximate surface area is 150 Å². The number of benzene rings is 1. The van der Waals surface area contributed by atoms with Gasteiger partial charge in [0.15, 0.2) is 0 Å². The molecule has 1 fully saturated rings. The van der Waals surface area contributed by atoms with Crippen LogP contribution in [0.2, 0.25) is 0 Å². The summed E-state index contributed by atoms with van der Waals surface area (Å²) in [6.07, 6.45) is -0.675. The van der Waals surface area contributed by atoms with E-state index in [1.165, 1.54) is 4.90 Å². The van der Waals surface area contributed by atoms with Gasteiger partial charge in [0, 0.05) is 38.1 Å². The average Bonchev–Trinajstić information content (AvgIpc) is 2.53. The molecule has 138 valence electrons. The van der Waals surface area contributed by atoms with E-state index in [0.29, 0.717) is 19.5 Å². The fourth-order valence-corrected chi connectivity index (χ4v) is 3.25. The van der Waals surface area contributed by atoms with Crippen molar-refractivity contribution in [2.75, 3.05) is 33.2 Å². The highest BCUT2D eigenvalue weighted by Gasteiger charge is 2.39. The molecule has 1 N–H and O–H groups in total. The van der Waals surface area contributed by atoms with Crippen LogP contribution in [0.15, 0.2) is 30.3 Å². The first-order valence-electron chi connectivity index (χ1n) is 8.73. The first kappa shape index (κ1) is 19.2. The normalized spacial score (nSPS) is 17.2. The van der Waals surface area contributed by atoms with E-state index in [1.54, 1.807) is 4.90 Å². The molecule has 1 aliphatic heterocycles. The van der Waals surface area contributed by atoms with Crippen molar-refractivity contribution in [3.05, 3.63) is 35.9 Å². The summed E-state index contributed by atoms with van der Waals surface area (Å²) in [6, 6.07) is 8.90. The third kappa shape index (κ3) is 4.95. The second kappa shape index (κ2) is 7.87. The van der Waals surface area contributed by atoms with Crippen molar-refractivity contribution < 1.29 is 14.7 Å². The van der Waals surface area contributed by atoms with Crippen LogP contribution in [0.5, 0.6) is 0 Å².